The maximum Gasteiger partial charge on any atom is 0.306 e. The third kappa shape index (κ3) is 7.29. The Morgan fingerprint density at radius 2 is 1.91 bits per heavy atom. The third-order valence-electron chi connectivity index (χ3n) is 6.19. The molecule has 1 fully saturated rings. The number of methoxy groups -OCH3 is 1. The average molecular weight is 480 g/mol. The van der Waals surface area contributed by atoms with Crippen molar-refractivity contribution in [3.8, 4) is 5.75 Å². The summed E-state index contributed by atoms with van der Waals surface area (Å²) in [6.07, 6.45) is 6.53. The van der Waals surface area contributed by atoms with Crippen molar-refractivity contribution >= 4 is 23.8 Å². The summed E-state index contributed by atoms with van der Waals surface area (Å²) >= 11 is 0. The second-order valence-corrected chi connectivity index (χ2v) is 8.96. The number of hydrogen-bond acceptors (Lipinski definition) is 7. The van der Waals surface area contributed by atoms with Crippen LogP contribution in [0.25, 0.3) is 0 Å². The normalized spacial score (nSPS) is 17.5. The van der Waals surface area contributed by atoms with Crippen molar-refractivity contribution in [2.75, 3.05) is 45.3 Å². The smallest absolute Gasteiger partial charge is 0.306 e. The molecule has 0 aliphatic carbocycles. The number of benzene rings is 2. The summed E-state index contributed by atoms with van der Waals surface area (Å²) in [5.41, 5.74) is 3.22. The van der Waals surface area contributed by atoms with Crippen molar-refractivity contribution in [3.05, 3.63) is 59.2 Å². The largest absolute Gasteiger partial charge is 0.493 e. The summed E-state index contributed by atoms with van der Waals surface area (Å²) < 4.78 is 15.9. The molecule has 1 amide bonds. The van der Waals surface area contributed by atoms with E-state index in [0.717, 1.165) is 36.4 Å². The first-order valence-electron chi connectivity index (χ1n) is 12.2. The zero-order valence-electron chi connectivity index (χ0n) is 20.2. The Morgan fingerprint density at radius 3 is 2.69 bits per heavy atom. The summed E-state index contributed by atoms with van der Waals surface area (Å²) in [6, 6.07) is 13.0. The maximum atomic E-state index is 12.7. The van der Waals surface area contributed by atoms with Crippen LogP contribution in [-0.4, -0.2) is 63.1 Å². The van der Waals surface area contributed by atoms with Gasteiger partial charge in [-0.1, -0.05) is 18.2 Å². The first-order valence-corrected chi connectivity index (χ1v) is 12.2. The van der Waals surface area contributed by atoms with Crippen LogP contribution in [0.5, 0.6) is 5.75 Å². The van der Waals surface area contributed by atoms with Crippen LogP contribution in [0.15, 0.2) is 47.6 Å². The van der Waals surface area contributed by atoms with Crippen LogP contribution in [0.4, 0.5) is 5.69 Å². The Labute approximate surface area is 206 Å². The summed E-state index contributed by atoms with van der Waals surface area (Å²) in [7, 11) is 1.57. The SMILES string of the molecule is COCCOC(=O)CC1COc2cc(NC(=O)c3ccc(/C=N/N4CCCCC4)cc3)ccc2C1. The van der Waals surface area contributed by atoms with E-state index in [1.165, 1.54) is 19.3 Å². The number of piperidine rings is 1. The number of anilines is 1. The highest BCUT2D eigenvalue weighted by atomic mass is 16.6. The Kier molecular flexibility index (Phi) is 8.73. The molecule has 2 aromatic carbocycles. The van der Waals surface area contributed by atoms with Gasteiger partial charge in [-0.3, -0.25) is 14.6 Å². The number of nitrogens with one attached hydrogen (secondary N) is 1. The molecular formula is C27H33N3O5. The van der Waals surface area contributed by atoms with Crippen molar-refractivity contribution in [1.82, 2.24) is 5.01 Å². The highest BCUT2D eigenvalue weighted by molar-refractivity contribution is 6.04. The zero-order chi connectivity index (χ0) is 24.5. The first-order chi connectivity index (χ1) is 17.1. The van der Waals surface area contributed by atoms with E-state index in [1.807, 2.05) is 36.5 Å². The molecule has 2 aliphatic heterocycles. The number of carbonyl (C=O) groups excluding carboxylic acids is 2. The molecule has 2 aliphatic rings. The second-order valence-electron chi connectivity index (χ2n) is 8.96. The number of hydrazone groups is 1. The maximum absolute atomic E-state index is 12.7. The monoisotopic (exact) mass is 479 g/mol. The van der Waals surface area contributed by atoms with E-state index in [-0.39, 0.29) is 24.4 Å². The molecule has 8 nitrogen and oxygen atoms in total. The predicted molar refractivity (Wildman–Crippen MR) is 134 cm³/mol. The van der Waals surface area contributed by atoms with Crippen LogP contribution in [0.3, 0.4) is 0 Å². The number of hydrogen-bond donors (Lipinski definition) is 1. The van der Waals surface area contributed by atoms with E-state index in [2.05, 4.69) is 15.4 Å². The average Bonchev–Trinajstić information content (AvgIpc) is 2.88. The van der Waals surface area contributed by atoms with E-state index in [0.29, 0.717) is 30.9 Å². The van der Waals surface area contributed by atoms with Crippen LogP contribution < -0.4 is 10.1 Å². The van der Waals surface area contributed by atoms with E-state index in [9.17, 15) is 9.59 Å². The lowest BCUT2D eigenvalue weighted by molar-refractivity contribution is -0.146. The number of ether oxygens (including phenoxy) is 3. The van der Waals surface area contributed by atoms with Gasteiger partial charge in [0, 0.05) is 43.4 Å². The zero-order valence-corrected chi connectivity index (χ0v) is 20.2. The lowest BCUT2D eigenvalue weighted by Crippen LogP contribution is -2.25. The molecule has 186 valence electrons. The molecule has 35 heavy (non-hydrogen) atoms. The topological polar surface area (TPSA) is 89.5 Å². The number of carbonyl (C=O) groups is 2. The molecule has 1 atom stereocenters. The predicted octanol–water partition coefficient (Wildman–Crippen LogP) is 3.89. The molecule has 0 aromatic heterocycles. The second kappa shape index (κ2) is 12.4. The van der Waals surface area contributed by atoms with Crippen LogP contribution in [0.1, 0.15) is 47.2 Å². The Morgan fingerprint density at radius 1 is 1.11 bits per heavy atom. The molecule has 0 spiro atoms. The fraction of sp³-hybridized carbons (Fsp3) is 0.444. The van der Waals surface area contributed by atoms with Gasteiger partial charge in [0.1, 0.15) is 12.4 Å². The number of rotatable bonds is 9. The van der Waals surface area contributed by atoms with E-state index in [4.69, 9.17) is 14.2 Å². The molecule has 1 N–H and O–H groups in total. The van der Waals surface area contributed by atoms with Crippen LogP contribution in [-0.2, 0) is 20.7 Å². The molecule has 0 bridgehead atoms. The van der Waals surface area contributed by atoms with E-state index < -0.39 is 0 Å². The van der Waals surface area contributed by atoms with Crippen molar-refractivity contribution in [2.24, 2.45) is 11.0 Å². The van der Waals surface area contributed by atoms with Gasteiger partial charge in [0.25, 0.3) is 5.91 Å². The fourth-order valence-corrected chi connectivity index (χ4v) is 4.24. The van der Waals surface area contributed by atoms with Crippen LogP contribution >= 0.6 is 0 Å². The highest BCUT2D eigenvalue weighted by Crippen LogP contribution is 2.31. The molecule has 1 unspecified atom stereocenters. The van der Waals surface area contributed by atoms with Gasteiger partial charge in [0.15, 0.2) is 0 Å². The third-order valence-corrected chi connectivity index (χ3v) is 6.19. The van der Waals surface area contributed by atoms with Gasteiger partial charge >= 0.3 is 5.97 Å². The van der Waals surface area contributed by atoms with Crippen LogP contribution in [0, 0.1) is 5.92 Å². The first kappa shape index (κ1) is 24.7. The summed E-state index contributed by atoms with van der Waals surface area (Å²) in [5.74, 6) is 0.370. The number of esters is 1. The van der Waals surface area contributed by atoms with E-state index in [1.54, 1.807) is 19.2 Å². The summed E-state index contributed by atoms with van der Waals surface area (Å²) in [4.78, 5) is 24.7. The molecule has 2 aromatic rings. The van der Waals surface area contributed by atoms with Gasteiger partial charge in [0.05, 0.1) is 25.8 Å². The molecular weight excluding hydrogens is 446 g/mol. The van der Waals surface area contributed by atoms with E-state index >= 15 is 0 Å². The molecule has 4 rings (SSSR count). The van der Waals surface area contributed by atoms with Crippen molar-refractivity contribution in [2.45, 2.75) is 32.1 Å². The lowest BCUT2D eigenvalue weighted by atomic mass is 9.94. The van der Waals surface area contributed by atoms with Gasteiger partial charge < -0.3 is 19.5 Å². The number of nitrogens with zero attached hydrogens (tertiary/aromatic N) is 2. The van der Waals surface area contributed by atoms with Crippen molar-refractivity contribution in [3.63, 3.8) is 0 Å². The molecule has 1 saturated heterocycles. The van der Waals surface area contributed by atoms with Gasteiger partial charge in [-0.25, -0.2) is 0 Å². The van der Waals surface area contributed by atoms with Gasteiger partial charge in [-0.05, 0) is 55.0 Å². The molecule has 0 radical (unpaired) electrons. The minimum Gasteiger partial charge on any atom is -0.493 e. The Balaban J connectivity index is 1.28. The Hall–Kier alpha value is -3.39. The van der Waals surface area contributed by atoms with Gasteiger partial charge in [-0.2, -0.15) is 5.10 Å². The van der Waals surface area contributed by atoms with Crippen LogP contribution in [0.2, 0.25) is 0 Å². The van der Waals surface area contributed by atoms with Gasteiger partial charge in [0.2, 0.25) is 0 Å². The Bertz CT molecular complexity index is 1030. The molecule has 8 heteroatoms. The standard InChI is InChI=1S/C27H33N3O5/c1-33-13-14-34-26(31)16-21-15-23-9-10-24(17-25(23)35-19-21)29-27(32)22-7-5-20(6-8-22)18-28-30-11-3-2-4-12-30/h5-10,17-18,21H,2-4,11-16,19H2,1H3,(H,29,32)/b28-18+. The number of fused-ring (bicyclic) bond motifs is 1. The lowest BCUT2D eigenvalue weighted by Gasteiger charge is -2.25. The molecule has 2 heterocycles. The quantitative estimate of drug-likeness (QED) is 0.333. The minimum absolute atomic E-state index is 0.0648. The summed E-state index contributed by atoms with van der Waals surface area (Å²) in [5, 5.41) is 9.57. The minimum atomic E-state index is -0.244. The summed E-state index contributed by atoms with van der Waals surface area (Å²) in [6.45, 7) is 3.09. The van der Waals surface area contributed by atoms with Gasteiger partial charge in [-0.15, -0.1) is 0 Å². The number of amides is 1. The molecule has 0 saturated carbocycles. The van der Waals surface area contributed by atoms with Crippen molar-refractivity contribution in [1.29, 1.82) is 0 Å². The highest BCUT2D eigenvalue weighted by Gasteiger charge is 2.23. The van der Waals surface area contributed by atoms with Crippen molar-refractivity contribution < 1.29 is 23.8 Å². The fourth-order valence-electron chi connectivity index (χ4n) is 4.24.